The number of ketones is 2. The molecule has 0 aromatic heterocycles. The Morgan fingerprint density at radius 3 is 2.44 bits per heavy atom. The molecule has 1 fully saturated rings. The monoisotopic (exact) mass is 618 g/mol. The number of imide groups is 1. The van der Waals surface area contributed by atoms with Gasteiger partial charge in [0.25, 0.3) is 5.69 Å². The Morgan fingerprint density at radius 1 is 1.07 bits per heavy atom. The summed E-state index contributed by atoms with van der Waals surface area (Å²) < 4.78 is 5.94. The van der Waals surface area contributed by atoms with Gasteiger partial charge >= 0.3 is 0 Å². The topological polar surface area (TPSA) is 144 Å². The summed E-state index contributed by atoms with van der Waals surface area (Å²) in [5, 5.41) is 22.3. The van der Waals surface area contributed by atoms with Crippen molar-refractivity contribution in [1.29, 1.82) is 0 Å². The number of nitro benzene ring substituents is 1. The Labute approximate surface area is 242 Å². The fraction of sp³-hybridized carbons (Fsp3) is 0.267. The molecule has 0 saturated carbocycles. The Morgan fingerprint density at radius 2 is 1.78 bits per heavy atom. The van der Waals surface area contributed by atoms with Crippen LogP contribution in [0.2, 0.25) is 0 Å². The van der Waals surface area contributed by atoms with Gasteiger partial charge < -0.3 is 9.84 Å². The van der Waals surface area contributed by atoms with Gasteiger partial charge in [0.05, 0.1) is 29.6 Å². The lowest BCUT2D eigenvalue weighted by atomic mass is 9.59. The van der Waals surface area contributed by atoms with E-state index in [1.54, 1.807) is 19.1 Å². The fourth-order valence-electron chi connectivity index (χ4n) is 6.66. The van der Waals surface area contributed by atoms with Crippen LogP contribution in [0.3, 0.4) is 0 Å². The number of methoxy groups -OCH3 is 1. The number of phenolic OH excluding ortho intramolecular Hbond substituents is 1. The maximum absolute atomic E-state index is 13.9. The summed E-state index contributed by atoms with van der Waals surface area (Å²) in [4.78, 5) is 66.0. The fourth-order valence-corrected chi connectivity index (χ4v) is 7.12. The summed E-state index contributed by atoms with van der Waals surface area (Å²) in [5.74, 6) is -4.51. The quantitative estimate of drug-likeness (QED) is 0.171. The van der Waals surface area contributed by atoms with E-state index in [4.69, 9.17) is 4.74 Å². The number of hydrogen-bond donors (Lipinski definition) is 1. The van der Waals surface area contributed by atoms with Gasteiger partial charge in [-0.15, -0.1) is 0 Å². The highest BCUT2D eigenvalue weighted by atomic mass is 79.9. The predicted octanol–water partition coefficient (Wildman–Crippen LogP) is 4.71. The number of carbonyl (C=O) groups is 4. The number of halogens is 1. The minimum absolute atomic E-state index is 0.0895. The molecule has 0 radical (unpaired) electrons. The third kappa shape index (κ3) is 3.98. The number of anilines is 1. The molecule has 208 valence electrons. The Balaban J connectivity index is 1.49. The first-order valence-electron chi connectivity index (χ1n) is 12.9. The molecule has 4 atom stereocenters. The van der Waals surface area contributed by atoms with Crippen molar-refractivity contribution in [3.8, 4) is 11.5 Å². The zero-order chi connectivity index (χ0) is 29.3. The largest absolute Gasteiger partial charge is 0.504 e. The van der Waals surface area contributed by atoms with E-state index < -0.39 is 40.4 Å². The second-order valence-corrected chi connectivity index (χ2v) is 11.5. The molecule has 2 aromatic carbocycles. The van der Waals surface area contributed by atoms with Crippen LogP contribution in [0, 0.1) is 27.9 Å². The maximum Gasteiger partial charge on any atom is 0.269 e. The molecule has 0 bridgehead atoms. The standard InChI is InChI=1S/C30H23BrN2O8/c1-13-9-22(34)20-12-19-17(24(26(20)27(13)35)21-10-14(31)11-23(41-2)28(21)36)7-8-18-25(19)30(38)32(29(18)37)15-3-5-16(6-4-15)33(39)40/h3-7,9-11,18-19,24-25,36H,8,12H2,1-2H3. The van der Waals surface area contributed by atoms with Crippen LogP contribution in [-0.4, -0.2) is 40.5 Å². The summed E-state index contributed by atoms with van der Waals surface area (Å²) in [6.45, 7) is 1.57. The van der Waals surface area contributed by atoms with Crippen molar-refractivity contribution in [2.45, 2.75) is 25.7 Å². The highest BCUT2D eigenvalue weighted by Gasteiger charge is 2.57. The van der Waals surface area contributed by atoms with Gasteiger partial charge in [0, 0.05) is 44.8 Å². The van der Waals surface area contributed by atoms with E-state index in [1.165, 1.54) is 37.5 Å². The number of fused-ring (bicyclic) bond motifs is 3. The van der Waals surface area contributed by atoms with Gasteiger partial charge in [0.2, 0.25) is 11.8 Å². The van der Waals surface area contributed by atoms with Gasteiger partial charge in [-0.3, -0.25) is 34.2 Å². The summed E-state index contributed by atoms with van der Waals surface area (Å²) >= 11 is 3.44. The number of nitrogens with zero attached hydrogens (tertiary/aromatic N) is 2. The summed E-state index contributed by atoms with van der Waals surface area (Å²) in [6, 6.07) is 8.46. The smallest absolute Gasteiger partial charge is 0.269 e. The molecule has 1 aliphatic heterocycles. The highest BCUT2D eigenvalue weighted by Crippen LogP contribution is 2.57. The van der Waals surface area contributed by atoms with Gasteiger partial charge in [0.15, 0.2) is 23.1 Å². The minimum Gasteiger partial charge on any atom is -0.504 e. The molecule has 6 rings (SSSR count). The van der Waals surface area contributed by atoms with E-state index in [0.717, 1.165) is 4.90 Å². The van der Waals surface area contributed by atoms with Crippen molar-refractivity contribution in [2.75, 3.05) is 12.0 Å². The summed E-state index contributed by atoms with van der Waals surface area (Å²) in [7, 11) is 1.40. The molecule has 41 heavy (non-hydrogen) atoms. The third-order valence-electron chi connectivity index (χ3n) is 8.48. The van der Waals surface area contributed by atoms with Crippen molar-refractivity contribution in [1.82, 2.24) is 0 Å². The lowest BCUT2D eigenvalue weighted by Gasteiger charge is -2.42. The number of nitro groups is 1. The number of hydrogen-bond acceptors (Lipinski definition) is 8. The van der Waals surface area contributed by atoms with Crippen LogP contribution in [0.25, 0.3) is 0 Å². The Bertz CT molecular complexity index is 1690. The van der Waals surface area contributed by atoms with Crippen molar-refractivity contribution >= 4 is 50.7 Å². The molecule has 4 aliphatic rings. The van der Waals surface area contributed by atoms with E-state index >= 15 is 0 Å². The minimum atomic E-state index is -0.840. The van der Waals surface area contributed by atoms with Crippen LogP contribution in [0.1, 0.15) is 31.2 Å². The van der Waals surface area contributed by atoms with Crippen LogP contribution in [0.15, 0.2) is 75.3 Å². The van der Waals surface area contributed by atoms with Crippen LogP contribution in [0.5, 0.6) is 11.5 Å². The van der Waals surface area contributed by atoms with Crippen LogP contribution in [-0.2, 0) is 19.2 Å². The van der Waals surface area contributed by atoms with E-state index in [0.29, 0.717) is 15.6 Å². The first-order chi connectivity index (χ1) is 19.5. The molecule has 1 saturated heterocycles. The first kappa shape index (κ1) is 26.8. The number of phenols is 1. The molecule has 4 unspecified atom stereocenters. The zero-order valence-corrected chi connectivity index (χ0v) is 23.5. The number of benzene rings is 2. The number of aromatic hydroxyl groups is 1. The second-order valence-electron chi connectivity index (χ2n) is 10.6. The number of carbonyl (C=O) groups excluding carboxylic acids is 4. The lowest BCUT2D eigenvalue weighted by molar-refractivity contribution is -0.384. The molecule has 1 heterocycles. The average molecular weight is 619 g/mol. The molecule has 0 spiro atoms. The number of Topliss-reactive ketones (excluding diaryl/α,β-unsaturated/α-hetero) is 1. The highest BCUT2D eigenvalue weighted by molar-refractivity contribution is 9.10. The maximum atomic E-state index is 13.9. The summed E-state index contributed by atoms with van der Waals surface area (Å²) in [6.07, 6.45) is 3.45. The van der Waals surface area contributed by atoms with Gasteiger partial charge in [-0.2, -0.15) is 0 Å². The molecule has 2 aromatic rings. The van der Waals surface area contributed by atoms with Crippen LogP contribution in [0.4, 0.5) is 11.4 Å². The molecular formula is C30H23BrN2O8. The number of amides is 2. The molecule has 10 nitrogen and oxygen atoms in total. The Kier molecular flexibility index (Phi) is 6.29. The molecule has 11 heteroatoms. The van der Waals surface area contributed by atoms with Gasteiger partial charge in [-0.1, -0.05) is 27.6 Å². The van der Waals surface area contributed by atoms with Crippen molar-refractivity contribution in [2.24, 2.45) is 17.8 Å². The van der Waals surface area contributed by atoms with Crippen molar-refractivity contribution in [3.63, 3.8) is 0 Å². The second kappa shape index (κ2) is 9.62. The molecular weight excluding hydrogens is 596 g/mol. The van der Waals surface area contributed by atoms with Crippen LogP contribution < -0.4 is 9.64 Å². The van der Waals surface area contributed by atoms with Crippen LogP contribution >= 0.6 is 15.9 Å². The number of allylic oxidation sites excluding steroid dienone is 6. The van der Waals surface area contributed by atoms with E-state index in [1.807, 2.05) is 6.08 Å². The van der Waals surface area contributed by atoms with E-state index in [2.05, 4.69) is 15.9 Å². The third-order valence-corrected chi connectivity index (χ3v) is 8.94. The number of ether oxygens (including phenoxy) is 1. The van der Waals surface area contributed by atoms with Gasteiger partial charge in [-0.25, -0.2) is 0 Å². The summed E-state index contributed by atoms with van der Waals surface area (Å²) in [5.41, 5.74) is 1.89. The normalized spacial score (nSPS) is 25.4. The zero-order valence-electron chi connectivity index (χ0n) is 21.9. The van der Waals surface area contributed by atoms with Crippen molar-refractivity contribution < 1.29 is 33.9 Å². The SMILES string of the molecule is COc1cc(Br)cc(C2C3=CCC4C(=O)N(c5ccc([N+](=O)[O-])cc5)C(=O)C4C3CC3=C2C(=O)C(C)=CC3=O)c1O. The molecule has 3 aliphatic carbocycles. The van der Waals surface area contributed by atoms with E-state index in [9.17, 15) is 34.4 Å². The van der Waals surface area contributed by atoms with Gasteiger partial charge in [0.1, 0.15) is 0 Å². The first-order valence-corrected chi connectivity index (χ1v) is 13.7. The average Bonchev–Trinajstić information content (AvgIpc) is 3.21. The Hall–Kier alpha value is -4.38. The number of rotatable bonds is 4. The molecule has 2 amide bonds. The lowest BCUT2D eigenvalue weighted by Crippen LogP contribution is -2.39. The van der Waals surface area contributed by atoms with E-state index in [-0.39, 0.29) is 64.0 Å². The van der Waals surface area contributed by atoms with Crippen molar-refractivity contribution in [3.05, 3.63) is 91.0 Å². The molecule has 1 N–H and O–H groups in total. The van der Waals surface area contributed by atoms with Gasteiger partial charge in [-0.05, 0) is 56.0 Å². The predicted molar refractivity (Wildman–Crippen MR) is 149 cm³/mol. The number of non-ortho nitro benzene ring substituents is 1.